The second-order valence-corrected chi connectivity index (χ2v) is 8.66. The Bertz CT molecular complexity index is 1360. The summed E-state index contributed by atoms with van der Waals surface area (Å²) in [5.41, 5.74) is 3.07. The fourth-order valence-corrected chi connectivity index (χ4v) is 4.34. The maximum atomic E-state index is 13.7. The van der Waals surface area contributed by atoms with Gasteiger partial charge < -0.3 is 19.2 Å². The van der Waals surface area contributed by atoms with Crippen molar-refractivity contribution in [3.8, 4) is 11.5 Å². The van der Waals surface area contributed by atoms with E-state index in [0.717, 1.165) is 66.4 Å². The summed E-state index contributed by atoms with van der Waals surface area (Å²) in [5.74, 6) is 3.35. The Morgan fingerprint density at radius 2 is 2.03 bits per heavy atom. The molecule has 2 aromatic carbocycles. The maximum Gasteiger partial charge on any atom is 0.191 e. The molecule has 1 aliphatic rings. The molecule has 35 heavy (non-hydrogen) atoms. The monoisotopic (exact) mass is 477 g/mol. The number of nitrogens with one attached hydrogen (secondary N) is 1. The van der Waals surface area contributed by atoms with Crippen LogP contribution in [0.3, 0.4) is 0 Å². The molecule has 0 spiro atoms. The molecule has 5 rings (SSSR count). The van der Waals surface area contributed by atoms with Crippen LogP contribution in [-0.4, -0.2) is 46.7 Å². The van der Waals surface area contributed by atoms with Crippen LogP contribution in [0, 0.1) is 19.7 Å². The number of anilines is 2. The first-order valence-corrected chi connectivity index (χ1v) is 11.7. The minimum atomic E-state index is -0.246. The van der Waals surface area contributed by atoms with Crippen LogP contribution in [0.1, 0.15) is 29.3 Å². The van der Waals surface area contributed by atoms with Crippen LogP contribution in [0.2, 0.25) is 0 Å². The van der Waals surface area contributed by atoms with Crippen molar-refractivity contribution in [2.75, 3.05) is 32.1 Å². The number of benzene rings is 2. The number of halogens is 1. The van der Waals surface area contributed by atoms with Gasteiger partial charge in [0, 0.05) is 50.1 Å². The standard InChI is InChI=1S/C26H28FN5O3/c1-16-11-18(5-6-20(16)27)31-26-19-12-25(24(33-3)13-21(19)28-15-29-26)34-10-4-8-32-9-7-23-22(14-32)30-17(2)35-23/h5-6,11-13,15H,4,7-10,14H2,1-3H3,(H,28,29,31). The Hall–Kier alpha value is -3.72. The average Bonchev–Trinajstić information content (AvgIpc) is 3.23. The molecule has 3 heterocycles. The molecule has 0 bridgehead atoms. The van der Waals surface area contributed by atoms with Crippen molar-refractivity contribution in [3.63, 3.8) is 0 Å². The van der Waals surface area contributed by atoms with Crippen molar-refractivity contribution in [2.45, 2.75) is 33.2 Å². The maximum absolute atomic E-state index is 13.7. The summed E-state index contributed by atoms with van der Waals surface area (Å²) >= 11 is 0. The van der Waals surface area contributed by atoms with E-state index in [-0.39, 0.29) is 5.82 Å². The first-order chi connectivity index (χ1) is 17.0. The largest absolute Gasteiger partial charge is 0.493 e. The van der Waals surface area contributed by atoms with E-state index >= 15 is 0 Å². The van der Waals surface area contributed by atoms with Gasteiger partial charge in [0.05, 0.1) is 24.9 Å². The lowest BCUT2D eigenvalue weighted by Gasteiger charge is -2.25. The molecule has 4 aromatic rings. The summed E-state index contributed by atoms with van der Waals surface area (Å²) < 4.78 is 31.0. The predicted molar refractivity (Wildman–Crippen MR) is 131 cm³/mol. The Labute approximate surface area is 203 Å². The third-order valence-electron chi connectivity index (χ3n) is 6.13. The molecule has 0 fully saturated rings. The highest BCUT2D eigenvalue weighted by Crippen LogP contribution is 2.35. The second-order valence-electron chi connectivity index (χ2n) is 8.66. The van der Waals surface area contributed by atoms with E-state index in [4.69, 9.17) is 13.9 Å². The zero-order valence-corrected chi connectivity index (χ0v) is 20.1. The van der Waals surface area contributed by atoms with Gasteiger partial charge in [-0.25, -0.2) is 19.3 Å². The van der Waals surface area contributed by atoms with E-state index < -0.39 is 0 Å². The molecule has 0 atom stereocenters. The number of aromatic nitrogens is 3. The zero-order valence-electron chi connectivity index (χ0n) is 20.1. The lowest BCUT2D eigenvalue weighted by molar-refractivity contribution is 0.210. The van der Waals surface area contributed by atoms with E-state index in [0.29, 0.717) is 29.5 Å². The van der Waals surface area contributed by atoms with Gasteiger partial charge in [0.15, 0.2) is 17.4 Å². The van der Waals surface area contributed by atoms with Gasteiger partial charge in [-0.05, 0) is 43.2 Å². The quantitative estimate of drug-likeness (QED) is 0.357. The highest BCUT2D eigenvalue weighted by molar-refractivity contribution is 5.93. The van der Waals surface area contributed by atoms with Crippen molar-refractivity contribution in [3.05, 3.63) is 65.4 Å². The van der Waals surface area contributed by atoms with Crippen LogP contribution in [0.5, 0.6) is 11.5 Å². The van der Waals surface area contributed by atoms with Gasteiger partial charge in [-0.15, -0.1) is 0 Å². The molecular formula is C26H28FN5O3. The summed E-state index contributed by atoms with van der Waals surface area (Å²) in [6.45, 7) is 6.82. The fourth-order valence-electron chi connectivity index (χ4n) is 4.34. The number of aryl methyl sites for hydroxylation is 2. The number of methoxy groups -OCH3 is 1. The Morgan fingerprint density at radius 1 is 1.14 bits per heavy atom. The lowest BCUT2D eigenvalue weighted by Crippen LogP contribution is -2.31. The molecule has 0 radical (unpaired) electrons. The van der Waals surface area contributed by atoms with Crippen molar-refractivity contribution >= 4 is 22.4 Å². The van der Waals surface area contributed by atoms with E-state index in [1.165, 1.54) is 12.4 Å². The van der Waals surface area contributed by atoms with Gasteiger partial charge in [-0.3, -0.25) is 4.90 Å². The molecular weight excluding hydrogens is 449 g/mol. The smallest absolute Gasteiger partial charge is 0.191 e. The van der Waals surface area contributed by atoms with Crippen LogP contribution < -0.4 is 14.8 Å². The average molecular weight is 478 g/mol. The van der Waals surface area contributed by atoms with E-state index in [2.05, 4.69) is 25.2 Å². The second kappa shape index (κ2) is 9.87. The normalized spacial score (nSPS) is 13.6. The van der Waals surface area contributed by atoms with Gasteiger partial charge in [-0.1, -0.05) is 0 Å². The summed E-state index contributed by atoms with van der Waals surface area (Å²) in [4.78, 5) is 15.6. The van der Waals surface area contributed by atoms with Crippen molar-refractivity contribution < 1.29 is 18.3 Å². The number of hydrogen-bond donors (Lipinski definition) is 1. The molecule has 1 N–H and O–H groups in total. The number of rotatable bonds is 8. The summed E-state index contributed by atoms with van der Waals surface area (Å²) in [6.07, 6.45) is 3.24. The highest BCUT2D eigenvalue weighted by Gasteiger charge is 2.21. The molecule has 2 aromatic heterocycles. The predicted octanol–water partition coefficient (Wildman–Crippen LogP) is 4.95. The SMILES string of the molecule is COc1cc2ncnc(Nc3ccc(F)c(C)c3)c2cc1OCCCN1CCc2oc(C)nc2C1. The third kappa shape index (κ3) is 5.05. The molecule has 0 aliphatic carbocycles. The van der Waals surface area contributed by atoms with Crippen molar-refractivity contribution in [2.24, 2.45) is 0 Å². The molecule has 0 amide bonds. The Kier molecular flexibility index (Phi) is 6.50. The van der Waals surface area contributed by atoms with E-state index in [9.17, 15) is 4.39 Å². The van der Waals surface area contributed by atoms with E-state index in [1.54, 1.807) is 26.2 Å². The zero-order chi connectivity index (χ0) is 24.4. The highest BCUT2D eigenvalue weighted by atomic mass is 19.1. The number of ether oxygens (including phenoxy) is 2. The number of hydrogen-bond acceptors (Lipinski definition) is 8. The molecule has 182 valence electrons. The van der Waals surface area contributed by atoms with Gasteiger partial charge in [0.1, 0.15) is 23.7 Å². The van der Waals surface area contributed by atoms with Crippen LogP contribution >= 0.6 is 0 Å². The van der Waals surface area contributed by atoms with Gasteiger partial charge >= 0.3 is 0 Å². The first kappa shape index (κ1) is 23.0. The molecule has 1 aliphatic heterocycles. The Morgan fingerprint density at radius 3 is 2.86 bits per heavy atom. The summed E-state index contributed by atoms with van der Waals surface area (Å²) in [5, 5.41) is 4.05. The fraction of sp³-hybridized carbons (Fsp3) is 0.346. The van der Waals surface area contributed by atoms with Crippen LogP contribution in [0.4, 0.5) is 15.9 Å². The third-order valence-corrected chi connectivity index (χ3v) is 6.13. The summed E-state index contributed by atoms with van der Waals surface area (Å²) in [6, 6.07) is 8.59. The van der Waals surface area contributed by atoms with E-state index in [1.807, 2.05) is 19.1 Å². The number of fused-ring (bicyclic) bond motifs is 2. The van der Waals surface area contributed by atoms with Crippen LogP contribution in [0.25, 0.3) is 10.9 Å². The van der Waals surface area contributed by atoms with Crippen molar-refractivity contribution in [1.82, 2.24) is 19.9 Å². The van der Waals surface area contributed by atoms with Crippen LogP contribution in [-0.2, 0) is 13.0 Å². The number of oxazole rings is 1. The number of nitrogens with zero attached hydrogens (tertiary/aromatic N) is 4. The molecule has 8 nitrogen and oxygen atoms in total. The van der Waals surface area contributed by atoms with Crippen LogP contribution in [0.15, 0.2) is 41.1 Å². The molecule has 0 unspecified atom stereocenters. The van der Waals surface area contributed by atoms with Gasteiger partial charge in [0.2, 0.25) is 0 Å². The first-order valence-electron chi connectivity index (χ1n) is 11.7. The Balaban J connectivity index is 1.27. The van der Waals surface area contributed by atoms with Gasteiger partial charge in [-0.2, -0.15) is 0 Å². The molecule has 0 saturated heterocycles. The minimum Gasteiger partial charge on any atom is -0.493 e. The lowest BCUT2D eigenvalue weighted by atomic mass is 10.1. The topological polar surface area (TPSA) is 85.5 Å². The van der Waals surface area contributed by atoms with Crippen molar-refractivity contribution in [1.29, 1.82) is 0 Å². The summed E-state index contributed by atoms with van der Waals surface area (Å²) in [7, 11) is 1.61. The molecule has 0 saturated carbocycles. The molecule has 9 heteroatoms. The van der Waals surface area contributed by atoms with Gasteiger partial charge in [0.25, 0.3) is 0 Å². The minimum absolute atomic E-state index is 0.246.